The van der Waals surface area contributed by atoms with E-state index in [0.29, 0.717) is 19.3 Å². The number of rotatable bonds is 46. The molecular weight excluding hydrogens is 775 g/mol. The zero-order valence-corrected chi connectivity index (χ0v) is 41.1. The van der Waals surface area contributed by atoms with E-state index in [4.69, 9.17) is 14.2 Å². The molecule has 0 fully saturated rings. The second-order valence-corrected chi connectivity index (χ2v) is 18.5. The molecule has 0 radical (unpaired) electrons. The monoisotopic (exact) mass is 873 g/mol. The average Bonchev–Trinajstić information content (AvgIpc) is 3.23. The highest BCUT2D eigenvalue weighted by Crippen LogP contribution is 2.15. The largest absolute Gasteiger partial charge is 0.477 e. The van der Waals surface area contributed by atoms with Crippen molar-refractivity contribution in [1.82, 2.24) is 0 Å². The molecule has 1 N–H and O–H groups in total. The van der Waals surface area contributed by atoms with Gasteiger partial charge in [0.05, 0.1) is 34.4 Å². The lowest BCUT2D eigenvalue weighted by Crippen LogP contribution is -2.50. The minimum absolute atomic E-state index is 0.0539. The van der Waals surface area contributed by atoms with Gasteiger partial charge in [-0.25, -0.2) is 4.79 Å². The standard InChI is InChI=1S/C54H97NO7/c1-6-8-10-12-14-16-18-20-22-24-26-27-29-30-32-34-36-38-40-42-44-52(56)61-49-50(48-60-47-46-51(54(58)59)55(3,4)5)62-53(57)45-43-41-39-37-35-33-31-28-25-23-21-19-17-15-13-11-9-7-2/h16,18,20,22-23,25,28,31,50-51H,6-15,17,19,21,24,26-27,29-30,32-49H2,1-5H3/p+1/b18-16+,22-20+,25-23+,31-28+. The van der Waals surface area contributed by atoms with Crippen molar-refractivity contribution in [3.8, 4) is 0 Å². The van der Waals surface area contributed by atoms with Crippen LogP contribution in [0, 0.1) is 0 Å². The van der Waals surface area contributed by atoms with Crippen LogP contribution in [-0.2, 0) is 28.6 Å². The fourth-order valence-electron chi connectivity index (χ4n) is 7.49. The van der Waals surface area contributed by atoms with Crippen LogP contribution >= 0.6 is 0 Å². The van der Waals surface area contributed by atoms with Crippen LogP contribution in [0.3, 0.4) is 0 Å². The molecule has 0 aliphatic rings. The van der Waals surface area contributed by atoms with Crippen LogP contribution in [0.15, 0.2) is 48.6 Å². The van der Waals surface area contributed by atoms with E-state index < -0.39 is 18.1 Å². The number of hydrogen-bond acceptors (Lipinski definition) is 6. The number of hydrogen-bond donors (Lipinski definition) is 1. The van der Waals surface area contributed by atoms with E-state index in [1.54, 1.807) is 0 Å². The van der Waals surface area contributed by atoms with Crippen LogP contribution < -0.4 is 0 Å². The van der Waals surface area contributed by atoms with E-state index in [1.165, 1.54) is 135 Å². The van der Waals surface area contributed by atoms with E-state index in [2.05, 4.69) is 62.5 Å². The topological polar surface area (TPSA) is 99.1 Å². The van der Waals surface area contributed by atoms with Crippen LogP contribution in [-0.4, -0.2) is 80.6 Å². The van der Waals surface area contributed by atoms with Gasteiger partial charge in [-0.05, 0) is 64.2 Å². The first kappa shape index (κ1) is 59.3. The number of likely N-dealkylation sites (N-methyl/N-ethyl adjacent to an activating group) is 1. The number of carbonyl (C=O) groups excluding carboxylic acids is 2. The molecule has 0 bridgehead atoms. The van der Waals surface area contributed by atoms with Crippen LogP contribution in [0.5, 0.6) is 0 Å². The predicted octanol–water partition coefficient (Wildman–Crippen LogP) is 14.8. The fourth-order valence-corrected chi connectivity index (χ4v) is 7.49. The van der Waals surface area contributed by atoms with Gasteiger partial charge in [0.25, 0.3) is 0 Å². The highest BCUT2D eigenvalue weighted by molar-refractivity contribution is 5.72. The van der Waals surface area contributed by atoms with Crippen molar-refractivity contribution >= 4 is 17.9 Å². The number of carboxylic acid groups (broad SMARTS) is 1. The summed E-state index contributed by atoms with van der Waals surface area (Å²) in [5.74, 6) is -1.48. The highest BCUT2D eigenvalue weighted by atomic mass is 16.6. The molecule has 0 aromatic carbocycles. The number of esters is 2. The van der Waals surface area contributed by atoms with E-state index in [-0.39, 0.29) is 36.2 Å². The number of quaternary nitrogens is 1. The minimum atomic E-state index is -0.877. The quantitative estimate of drug-likeness (QED) is 0.0281. The molecule has 0 saturated heterocycles. The Morgan fingerprint density at radius 1 is 0.484 bits per heavy atom. The van der Waals surface area contributed by atoms with Crippen LogP contribution in [0.1, 0.15) is 226 Å². The van der Waals surface area contributed by atoms with Crippen LogP contribution in [0.25, 0.3) is 0 Å². The number of ether oxygens (including phenoxy) is 3. The summed E-state index contributed by atoms with van der Waals surface area (Å²) in [7, 11) is 5.53. The summed E-state index contributed by atoms with van der Waals surface area (Å²) in [5, 5.41) is 9.65. The summed E-state index contributed by atoms with van der Waals surface area (Å²) < 4.78 is 17.3. The second kappa shape index (κ2) is 44.9. The average molecular weight is 873 g/mol. The second-order valence-electron chi connectivity index (χ2n) is 18.5. The molecule has 360 valence electrons. The number of unbranched alkanes of at least 4 members (excludes halogenated alkanes) is 26. The Hall–Kier alpha value is -2.71. The van der Waals surface area contributed by atoms with E-state index in [9.17, 15) is 19.5 Å². The predicted molar refractivity (Wildman–Crippen MR) is 261 cm³/mol. The Balaban J connectivity index is 4.28. The Kier molecular flexibility index (Phi) is 42.9. The third-order valence-electron chi connectivity index (χ3n) is 11.5. The maximum absolute atomic E-state index is 12.8. The lowest BCUT2D eigenvalue weighted by Gasteiger charge is -2.31. The molecule has 8 nitrogen and oxygen atoms in total. The molecular formula is C54H98NO7+. The van der Waals surface area contributed by atoms with Gasteiger partial charge in [-0.2, -0.15) is 0 Å². The number of allylic oxidation sites excluding steroid dienone is 8. The van der Waals surface area contributed by atoms with E-state index >= 15 is 0 Å². The van der Waals surface area contributed by atoms with Crippen molar-refractivity contribution in [2.24, 2.45) is 0 Å². The third kappa shape index (κ3) is 42.6. The molecule has 62 heavy (non-hydrogen) atoms. The van der Waals surface area contributed by atoms with Gasteiger partial charge < -0.3 is 23.8 Å². The van der Waals surface area contributed by atoms with Gasteiger partial charge in [-0.1, -0.05) is 191 Å². The summed E-state index contributed by atoms with van der Waals surface area (Å²) in [6.07, 6.45) is 54.4. The maximum atomic E-state index is 12.8. The summed E-state index contributed by atoms with van der Waals surface area (Å²) in [6.45, 7) is 4.71. The molecule has 0 aliphatic heterocycles. The van der Waals surface area contributed by atoms with Crippen molar-refractivity contribution in [2.75, 3.05) is 41.0 Å². The molecule has 0 aromatic heterocycles. The first-order chi connectivity index (χ1) is 30.1. The Morgan fingerprint density at radius 3 is 1.23 bits per heavy atom. The first-order valence-electron chi connectivity index (χ1n) is 25.7. The number of nitrogens with zero attached hydrogens (tertiary/aromatic N) is 1. The summed E-state index contributed by atoms with van der Waals surface area (Å²) in [4.78, 5) is 37.1. The highest BCUT2D eigenvalue weighted by Gasteiger charge is 2.31. The van der Waals surface area contributed by atoms with Gasteiger partial charge >= 0.3 is 17.9 Å². The van der Waals surface area contributed by atoms with E-state index in [0.717, 1.165) is 57.8 Å². The summed E-state index contributed by atoms with van der Waals surface area (Å²) in [6, 6.07) is -0.619. The molecule has 2 unspecified atom stereocenters. The SMILES string of the molecule is CCCCCC/C=C/C=C/CCCCCCCCCCCCC(=O)OCC(COCCC(C(=O)O)[N+](C)(C)C)OC(=O)CCCCCCC/C=C/C=C/CCCCCCCCC. The molecule has 0 amide bonds. The van der Waals surface area contributed by atoms with Gasteiger partial charge in [0, 0.05) is 19.3 Å². The van der Waals surface area contributed by atoms with Crippen molar-refractivity contribution < 1.29 is 38.2 Å². The zero-order chi connectivity index (χ0) is 45.6. The Bertz CT molecular complexity index is 1150. The molecule has 0 rings (SSSR count). The van der Waals surface area contributed by atoms with Gasteiger partial charge in [0.15, 0.2) is 12.1 Å². The van der Waals surface area contributed by atoms with Crippen molar-refractivity contribution in [1.29, 1.82) is 0 Å². The van der Waals surface area contributed by atoms with Crippen molar-refractivity contribution in [3.05, 3.63) is 48.6 Å². The normalized spacial score (nSPS) is 13.2. The lowest BCUT2D eigenvalue weighted by atomic mass is 10.1. The third-order valence-corrected chi connectivity index (χ3v) is 11.5. The summed E-state index contributed by atoms with van der Waals surface area (Å²) in [5.41, 5.74) is 0. The minimum Gasteiger partial charge on any atom is -0.477 e. The maximum Gasteiger partial charge on any atom is 0.362 e. The van der Waals surface area contributed by atoms with Gasteiger partial charge in [-0.3, -0.25) is 9.59 Å². The first-order valence-corrected chi connectivity index (χ1v) is 25.7. The molecule has 0 aliphatic carbocycles. The molecule has 0 heterocycles. The molecule has 2 atom stereocenters. The fraction of sp³-hybridized carbons (Fsp3) is 0.796. The van der Waals surface area contributed by atoms with Crippen molar-refractivity contribution in [2.45, 2.75) is 238 Å². The van der Waals surface area contributed by atoms with Crippen LogP contribution in [0.2, 0.25) is 0 Å². The van der Waals surface area contributed by atoms with Gasteiger partial charge in [0.2, 0.25) is 0 Å². The molecule has 0 saturated carbocycles. The Morgan fingerprint density at radius 2 is 0.839 bits per heavy atom. The number of carbonyl (C=O) groups is 3. The molecule has 0 spiro atoms. The zero-order valence-electron chi connectivity index (χ0n) is 41.1. The van der Waals surface area contributed by atoms with Gasteiger partial charge in [-0.15, -0.1) is 0 Å². The van der Waals surface area contributed by atoms with Crippen LogP contribution in [0.4, 0.5) is 0 Å². The Labute approximate surface area is 382 Å². The van der Waals surface area contributed by atoms with Crippen molar-refractivity contribution in [3.63, 3.8) is 0 Å². The lowest BCUT2D eigenvalue weighted by molar-refractivity contribution is -0.887. The smallest absolute Gasteiger partial charge is 0.362 e. The summed E-state index contributed by atoms with van der Waals surface area (Å²) >= 11 is 0. The molecule has 0 aromatic rings. The number of carboxylic acids is 1. The van der Waals surface area contributed by atoms with Gasteiger partial charge in [0.1, 0.15) is 6.61 Å². The molecule has 8 heteroatoms. The number of aliphatic carboxylic acids is 1. The van der Waals surface area contributed by atoms with E-state index in [1.807, 2.05) is 21.1 Å².